The van der Waals surface area contributed by atoms with Gasteiger partial charge in [-0.05, 0) is 19.1 Å². The number of nitrogens with zero attached hydrogens (tertiary/aromatic N) is 2. The molecule has 2 heterocycles. The molecule has 1 unspecified atom stereocenters. The average molecular weight is 301 g/mol. The first-order valence-corrected chi connectivity index (χ1v) is 7.30. The Morgan fingerprint density at radius 1 is 1.45 bits per heavy atom. The number of imidazole rings is 1. The van der Waals surface area contributed by atoms with Gasteiger partial charge in [-0.1, -0.05) is 18.2 Å². The van der Waals surface area contributed by atoms with Crippen LogP contribution in [-0.2, 0) is 9.53 Å². The topological polar surface area (TPSA) is 67.4 Å². The van der Waals surface area contributed by atoms with Gasteiger partial charge in [-0.3, -0.25) is 4.79 Å². The Bertz CT molecular complexity index is 627. The molecule has 116 valence electrons. The molecular formula is C16H19N3O3. The number of aryl methyl sites for hydroxylation is 1. The molecule has 3 rings (SSSR count). The minimum absolute atomic E-state index is 0.0141. The van der Waals surface area contributed by atoms with Gasteiger partial charge in [-0.2, -0.15) is 0 Å². The third-order valence-corrected chi connectivity index (χ3v) is 3.59. The van der Waals surface area contributed by atoms with Gasteiger partial charge in [-0.25, -0.2) is 4.98 Å². The number of morpholine rings is 1. The lowest BCUT2D eigenvalue weighted by Crippen LogP contribution is -2.45. The van der Waals surface area contributed by atoms with Crippen LogP contribution in [0.5, 0.6) is 5.75 Å². The highest BCUT2D eigenvalue weighted by Gasteiger charge is 2.30. The second-order valence-corrected chi connectivity index (χ2v) is 5.23. The van der Waals surface area contributed by atoms with Gasteiger partial charge in [0.2, 0.25) is 0 Å². The van der Waals surface area contributed by atoms with Crippen molar-refractivity contribution in [2.45, 2.75) is 13.0 Å². The zero-order valence-corrected chi connectivity index (χ0v) is 12.5. The summed E-state index contributed by atoms with van der Waals surface area (Å²) in [6, 6.07) is 9.15. The van der Waals surface area contributed by atoms with Gasteiger partial charge in [0.05, 0.1) is 13.2 Å². The molecular weight excluding hydrogens is 282 g/mol. The number of carbonyl (C=O) groups is 1. The average Bonchev–Trinajstić information content (AvgIpc) is 3.00. The van der Waals surface area contributed by atoms with E-state index in [0.29, 0.717) is 25.5 Å². The van der Waals surface area contributed by atoms with E-state index in [4.69, 9.17) is 9.47 Å². The highest BCUT2D eigenvalue weighted by molar-refractivity contribution is 5.78. The van der Waals surface area contributed by atoms with Gasteiger partial charge in [0, 0.05) is 18.4 Å². The van der Waals surface area contributed by atoms with Crippen molar-refractivity contribution in [3.63, 3.8) is 0 Å². The van der Waals surface area contributed by atoms with E-state index in [-0.39, 0.29) is 18.6 Å². The van der Waals surface area contributed by atoms with E-state index in [1.54, 1.807) is 11.1 Å². The summed E-state index contributed by atoms with van der Waals surface area (Å²) in [7, 11) is 0. The summed E-state index contributed by atoms with van der Waals surface area (Å²) in [5.74, 6) is 1.38. The fourth-order valence-corrected chi connectivity index (χ4v) is 2.48. The molecule has 6 heteroatoms. The lowest BCUT2D eigenvalue weighted by Gasteiger charge is -2.34. The van der Waals surface area contributed by atoms with E-state index in [0.717, 1.165) is 11.5 Å². The summed E-state index contributed by atoms with van der Waals surface area (Å²) in [5.41, 5.74) is 0.966. The zero-order chi connectivity index (χ0) is 15.4. The highest BCUT2D eigenvalue weighted by atomic mass is 16.5. The molecule has 1 atom stereocenters. The first-order chi connectivity index (χ1) is 10.7. The molecule has 0 saturated carbocycles. The molecule has 6 nitrogen and oxygen atoms in total. The number of carbonyl (C=O) groups excluding carboxylic acids is 1. The zero-order valence-electron chi connectivity index (χ0n) is 12.5. The quantitative estimate of drug-likeness (QED) is 0.933. The maximum atomic E-state index is 12.5. The van der Waals surface area contributed by atoms with Gasteiger partial charge in [0.25, 0.3) is 5.91 Å². The van der Waals surface area contributed by atoms with Crippen molar-refractivity contribution in [1.29, 1.82) is 0 Å². The fourth-order valence-electron chi connectivity index (χ4n) is 2.48. The second-order valence-electron chi connectivity index (χ2n) is 5.23. The molecule has 2 aromatic rings. The van der Waals surface area contributed by atoms with Gasteiger partial charge < -0.3 is 19.4 Å². The summed E-state index contributed by atoms with van der Waals surface area (Å²) in [5, 5.41) is 0. The molecule has 1 amide bonds. The summed E-state index contributed by atoms with van der Waals surface area (Å²) in [6.07, 6.45) is 1.76. The monoisotopic (exact) mass is 301 g/mol. The predicted molar refractivity (Wildman–Crippen MR) is 80.5 cm³/mol. The van der Waals surface area contributed by atoms with Crippen LogP contribution in [0.15, 0.2) is 36.5 Å². The van der Waals surface area contributed by atoms with E-state index in [1.165, 1.54) is 0 Å². The van der Waals surface area contributed by atoms with Crippen LogP contribution in [0.25, 0.3) is 0 Å². The van der Waals surface area contributed by atoms with Crippen LogP contribution in [0.1, 0.15) is 17.6 Å². The van der Waals surface area contributed by atoms with Crippen LogP contribution in [0.4, 0.5) is 0 Å². The Hall–Kier alpha value is -2.34. The predicted octanol–water partition coefficient (Wildman–Crippen LogP) is 1.70. The Labute approximate surface area is 129 Å². The first-order valence-electron chi connectivity index (χ1n) is 7.30. The SMILES string of the molecule is Cc1cnc(C2COCCN2C(=O)COc2ccccc2)[nH]1. The molecule has 1 saturated heterocycles. The van der Waals surface area contributed by atoms with Crippen molar-refractivity contribution in [3.05, 3.63) is 48.0 Å². The summed E-state index contributed by atoms with van der Waals surface area (Å²) < 4.78 is 11.0. The molecule has 1 aromatic heterocycles. The minimum Gasteiger partial charge on any atom is -0.484 e. The lowest BCUT2D eigenvalue weighted by molar-refractivity contribution is -0.142. The molecule has 0 aliphatic carbocycles. The smallest absolute Gasteiger partial charge is 0.261 e. The van der Waals surface area contributed by atoms with E-state index in [9.17, 15) is 4.79 Å². The molecule has 1 N–H and O–H groups in total. The van der Waals surface area contributed by atoms with Gasteiger partial charge >= 0.3 is 0 Å². The number of hydrogen-bond donors (Lipinski definition) is 1. The molecule has 0 bridgehead atoms. The molecule has 1 aliphatic rings. The number of rotatable bonds is 4. The van der Waals surface area contributed by atoms with E-state index in [2.05, 4.69) is 9.97 Å². The van der Waals surface area contributed by atoms with Crippen molar-refractivity contribution in [2.24, 2.45) is 0 Å². The number of ether oxygens (including phenoxy) is 2. The Kier molecular flexibility index (Phi) is 4.39. The van der Waals surface area contributed by atoms with Crippen LogP contribution in [0.2, 0.25) is 0 Å². The normalized spacial score (nSPS) is 18.2. The third-order valence-electron chi connectivity index (χ3n) is 3.59. The number of H-pyrrole nitrogens is 1. The maximum absolute atomic E-state index is 12.5. The van der Waals surface area contributed by atoms with Crippen LogP contribution in [0, 0.1) is 6.92 Å². The summed E-state index contributed by atoms with van der Waals surface area (Å²) >= 11 is 0. The largest absolute Gasteiger partial charge is 0.484 e. The number of nitrogens with one attached hydrogen (secondary N) is 1. The fraction of sp³-hybridized carbons (Fsp3) is 0.375. The number of para-hydroxylation sites is 1. The molecule has 0 spiro atoms. The number of amides is 1. The third kappa shape index (κ3) is 3.28. The van der Waals surface area contributed by atoms with Crippen LogP contribution in [-0.4, -0.2) is 47.1 Å². The van der Waals surface area contributed by atoms with Gasteiger partial charge in [0.1, 0.15) is 17.6 Å². The molecule has 22 heavy (non-hydrogen) atoms. The van der Waals surface area contributed by atoms with Crippen LogP contribution >= 0.6 is 0 Å². The van der Waals surface area contributed by atoms with Crippen molar-refractivity contribution >= 4 is 5.91 Å². The Balaban J connectivity index is 1.66. The van der Waals surface area contributed by atoms with Crippen molar-refractivity contribution in [2.75, 3.05) is 26.4 Å². The number of hydrogen-bond acceptors (Lipinski definition) is 4. The molecule has 1 aromatic carbocycles. The Morgan fingerprint density at radius 3 is 3.00 bits per heavy atom. The number of aromatic nitrogens is 2. The van der Waals surface area contributed by atoms with Gasteiger partial charge in [-0.15, -0.1) is 0 Å². The van der Waals surface area contributed by atoms with Gasteiger partial charge in [0.15, 0.2) is 6.61 Å². The highest BCUT2D eigenvalue weighted by Crippen LogP contribution is 2.22. The van der Waals surface area contributed by atoms with Crippen LogP contribution in [0.3, 0.4) is 0 Å². The lowest BCUT2D eigenvalue weighted by atomic mass is 10.2. The number of benzene rings is 1. The van der Waals surface area contributed by atoms with E-state index < -0.39 is 0 Å². The number of aromatic amines is 1. The van der Waals surface area contributed by atoms with Crippen LogP contribution < -0.4 is 4.74 Å². The maximum Gasteiger partial charge on any atom is 0.261 e. The van der Waals surface area contributed by atoms with Crippen molar-refractivity contribution < 1.29 is 14.3 Å². The van der Waals surface area contributed by atoms with Crippen molar-refractivity contribution in [1.82, 2.24) is 14.9 Å². The molecule has 1 fully saturated rings. The summed E-state index contributed by atoms with van der Waals surface area (Å²) in [4.78, 5) is 21.7. The summed E-state index contributed by atoms with van der Waals surface area (Å²) in [6.45, 7) is 3.48. The second kappa shape index (κ2) is 6.62. The minimum atomic E-state index is -0.186. The first kappa shape index (κ1) is 14.6. The molecule has 0 radical (unpaired) electrons. The van der Waals surface area contributed by atoms with E-state index >= 15 is 0 Å². The molecule has 1 aliphatic heterocycles. The standard InChI is InChI=1S/C16H19N3O3/c1-12-9-17-16(18-12)14-10-21-8-7-19(14)15(20)11-22-13-5-3-2-4-6-13/h2-6,9,14H,7-8,10-11H2,1H3,(H,17,18). The Morgan fingerprint density at radius 2 is 2.27 bits per heavy atom. The van der Waals surface area contributed by atoms with E-state index in [1.807, 2.05) is 37.3 Å². The van der Waals surface area contributed by atoms with Crippen molar-refractivity contribution in [3.8, 4) is 5.75 Å².